The van der Waals surface area contributed by atoms with Crippen molar-refractivity contribution in [3.8, 4) is 22.3 Å². The van der Waals surface area contributed by atoms with Gasteiger partial charge in [0.15, 0.2) is 0 Å². The van der Waals surface area contributed by atoms with E-state index in [-0.39, 0.29) is 0 Å². The molecule has 0 amide bonds. The molecule has 120 valence electrons. The molecule has 0 aliphatic rings. The predicted octanol–water partition coefficient (Wildman–Crippen LogP) is 5.99. The molecule has 0 bridgehead atoms. The Morgan fingerprint density at radius 1 is 0.720 bits per heavy atom. The van der Waals surface area contributed by atoms with Crippen molar-refractivity contribution in [2.24, 2.45) is 7.05 Å². The van der Waals surface area contributed by atoms with Crippen molar-refractivity contribution in [1.29, 1.82) is 0 Å². The van der Waals surface area contributed by atoms with Gasteiger partial charge >= 0.3 is 0 Å². The van der Waals surface area contributed by atoms with Gasteiger partial charge in [-0.2, -0.15) is 0 Å². The zero-order chi connectivity index (χ0) is 16.8. The number of nitrogens with zero attached hydrogens (tertiary/aromatic N) is 1. The monoisotopic (exact) mass is 322 g/mol. The molecule has 25 heavy (non-hydrogen) atoms. The Labute approximate surface area is 146 Å². The lowest BCUT2D eigenvalue weighted by atomic mass is 9.96. The molecule has 0 saturated heterocycles. The lowest BCUT2D eigenvalue weighted by Gasteiger charge is -2.06. The van der Waals surface area contributed by atoms with E-state index in [1.807, 2.05) is 0 Å². The van der Waals surface area contributed by atoms with Gasteiger partial charge in [-0.3, -0.25) is 0 Å². The average molecular weight is 322 g/mol. The van der Waals surface area contributed by atoms with Gasteiger partial charge in [-0.25, -0.2) is 0 Å². The molecule has 2 aromatic heterocycles. The van der Waals surface area contributed by atoms with Crippen LogP contribution in [0.3, 0.4) is 0 Å². The highest BCUT2D eigenvalue weighted by molar-refractivity contribution is 6.10. The molecule has 5 rings (SSSR count). The Morgan fingerprint density at radius 3 is 2.40 bits per heavy atom. The van der Waals surface area contributed by atoms with E-state index in [2.05, 4.69) is 102 Å². The van der Waals surface area contributed by atoms with Crippen molar-refractivity contribution in [2.75, 3.05) is 0 Å². The molecule has 0 saturated carbocycles. The zero-order valence-electron chi connectivity index (χ0n) is 14.0. The summed E-state index contributed by atoms with van der Waals surface area (Å²) in [6.07, 6.45) is 4.36. The normalized spacial score (nSPS) is 11.4. The Bertz CT molecular complexity index is 1190. The van der Waals surface area contributed by atoms with E-state index in [0.717, 1.165) is 0 Å². The van der Waals surface area contributed by atoms with E-state index >= 15 is 0 Å². The van der Waals surface area contributed by atoms with Crippen LogP contribution in [0.5, 0.6) is 0 Å². The summed E-state index contributed by atoms with van der Waals surface area (Å²) in [7, 11) is 2.11. The van der Waals surface area contributed by atoms with E-state index in [4.69, 9.17) is 0 Å². The molecule has 2 heteroatoms. The van der Waals surface area contributed by atoms with Gasteiger partial charge in [0.25, 0.3) is 0 Å². The summed E-state index contributed by atoms with van der Waals surface area (Å²) in [5, 5.41) is 2.57. The average Bonchev–Trinajstić information content (AvgIpc) is 3.24. The minimum absolute atomic E-state index is 1.17. The molecule has 0 atom stereocenters. The maximum absolute atomic E-state index is 3.44. The van der Waals surface area contributed by atoms with Crippen LogP contribution in [0.4, 0.5) is 0 Å². The first-order chi connectivity index (χ1) is 12.3. The Morgan fingerprint density at radius 2 is 1.52 bits per heavy atom. The molecule has 0 fully saturated rings. The first-order valence-electron chi connectivity index (χ1n) is 8.53. The number of rotatable bonds is 2. The van der Waals surface area contributed by atoms with Crippen molar-refractivity contribution in [1.82, 2.24) is 9.55 Å². The zero-order valence-corrected chi connectivity index (χ0v) is 14.0. The van der Waals surface area contributed by atoms with Gasteiger partial charge in [0, 0.05) is 52.4 Å². The fourth-order valence-corrected chi connectivity index (χ4v) is 3.81. The fourth-order valence-electron chi connectivity index (χ4n) is 3.81. The molecular formula is C23H18N2. The number of aromatic nitrogens is 2. The number of benzene rings is 3. The first kappa shape index (κ1) is 14.1. The topological polar surface area (TPSA) is 20.7 Å². The SMILES string of the molecule is Cn1cc(-c2cccc3[nH]cc(-c4ccccc4)c23)c2ccccc21. The molecule has 0 unspecified atom stereocenters. The number of H-pyrrole nitrogens is 1. The minimum Gasteiger partial charge on any atom is -0.361 e. The summed E-state index contributed by atoms with van der Waals surface area (Å²) in [6.45, 7) is 0. The second kappa shape index (κ2) is 5.38. The van der Waals surface area contributed by atoms with Crippen LogP contribution < -0.4 is 0 Å². The van der Waals surface area contributed by atoms with Crippen LogP contribution in [0.1, 0.15) is 0 Å². The molecule has 3 aromatic carbocycles. The third-order valence-corrected chi connectivity index (χ3v) is 4.98. The van der Waals surface area contributed by atoms with Gasteiger partial charge in [-0.1, -0.05) is 60.7 Å². The summed E-state index contributed by atoms with van der Waals surface area (Å²) in [5.74, 6) is 0. The number of nitrogens with one attached hydrogen (secondary N) is 1. The van der Waals surface area contributed by atoms with Crippen LogP contribution >= 0.6 is 0 Å². The summed E-state index contributed by atoms with van der Waals surface area (Å²) >= 11 is 0. The summed E-state index contributed by atoms with van der Waals surface area (Å²) in [6, 6.07) is 25.7. The summed E-state index contributed by atoms with van der Waals surface area (Å²) < 4.78 is 2.21. The van der Waals surface area contributed by atoms with Crippen molar-refractivity contribution in [2.45, 2.75) is 0 Å². The summed E-state index contributed by atoms with van der Waals surface area (Å²) in [4.78, 5) is 3.44. The van der Waals surface area contributed by atoms with Gasteiger partial charge in [0.1, 0.15) is 0 Å². The molecule has 2 nitrogen and oxygen atoms in total. The van der Waals surface area contributed by atoms with Gasteiger partial charge in [-0.15, -0.1) is 0 Å². The highest BCUT2D eigenvalue weighted by Gasteiger charge is 2.15. The van der Waals surface area contributed by atoms with E-state index in [0.29, 0.717) is 0 Å². The van der Waals surface area contributed by atoms with E-state index in [9.17, 15) is 0 Å². The van der Waals surface area contributed by atoms with Crippen LogP contribution in [-0.4, -0.2) is 9.55 Å². The Kier molecular flexibility index (Phi) is 3.04. The van der Waals surface area contributed by atoms with Crippen molar-refractivity contribution in [3.05, 3.63) is 85.2 Å². The lowest BCUT2D eigenvalue weighted by molar-refractivity contribution is 0.970. The van der Waals surface area contributed by atoms with Crippen molar-refractivity contribution < 1.29 is 0 Å². The Hall–Kier alpha value is -3.26. The largest absolute Gasteiger partial charge is 0.361 e. The third-order valence-electron chi connectivity index (χ3n) is 4.98. The predicted molar refractivity (Wildman–Crippen MR) is 106 cm³/mol. The smallest absolute Gasteiger partial charge is 0.0484 e. The molecule has 5 aromatic rings. The Balaban J connectivity index is 1.86. The number of hydrogen-bond donors (Lipinski definition) is 1. The third kappa shape index (κ3) is 2.11. The van der Waals surface area contributed by atoms with Crippen LogP contribution in [0.2, 0.25) is 0 Å². The van der Waals surface area contributed by atoms with E-state index < -0.39 is 0 Å². The molecular weight excluding hydrogens is 304 g/mol. The number of fused-ring (bicyclic) bond motifs is 2. The maximum atomic E-state index is 3.44. The van der Waals surface area contributed by atoms with E-state index in [1.165, 1.54) is 44.1 Å². The second-order valence-electron chi connectivity index (χ2n) is 6.47. The first-order valence-corrected chi connectivity index (χ1v) is 8.53. The summed E-state index contributed by atoms with van der Waals surface area (Å²) in [5.41, 5.74) is 7.46. The quantitative estimate of drug-likeness (QED) is 0.412. The van der Waals surface area contributed by atoms with Gasteiger partial charge < -0.3 is 9.55 Å². The number of aryl methyl sites for hydroxylation is 1. The molecule has 0 aliphatic carbocycles. The standard InChI is InChI=1S/C23H18N2/c1-25-15-20(17-10-5-6-13-22(17)25)18-11-7-12-21-23(18)19(14-24-21)16-8-3-2-4-9-16/h2-15,24H,1H3. The molecule has 0 spiro atoms. The lowest BCUT2D eigenvalue weighted by Crippen LogP contribution is -1.82. The molecule has 0 radical (unpaired) electrons. The number of aromatic amines is 1. The van der Waals surface area contributed by atoms with Gasteiger partial charge in [-0.05, 0) is 23.3 Å². The van der Waals surface area contributed by atoms with Gasteiger partial charge in [0.2, 0.25) is 0 Å². The molecule has 1 N–H and O–H groups in total. The number of para-hydroxylation sites is 1. The fraction of sp³-hybridized carbons (Fsp3) is 0.0435. The highest BCUT2D eigenvalue weighted by atomic mass is 14.9. The molecule has 0 aliphatic heterocycles. The molecule has 2 heterocycles. The number of hydrogen-bond acceptors (Lipinski definition) is 0. The second-order valence-corrected chi connectivity index (χ2v) is 6.47. The van der Waals surface area contributed by atoms with E-state index in [1.54, 1.807) is 0 Å². The van der Waals surface area contributed by atoms with Crippen molar-refractivity contribution >= 4 is 21.8 Å². The maximum Gasteiger partial charge on any atom is 0.0484 e. The highest BCUT2D eigenvalue weighted by Crippen LogP contribution is 2.39. The van der Waals surface area contributed by atoms with Crippen molar-refractivity contribution in [3.63, 3.8) is 0 Å². The van der Waals surface area contributed by atoms with Crippen LogP contribution in [-0.2, 0) is 7.05 Å². The van der Waals surface area contributed by atoms with Crippen LogP contribution in [0.25, 0.3) is 44.1 Å². The van der Waals surface area contributed by atoms with Crippen LogP contribution in [0.15, 0.2) is 85.2 Å². The van der Waals surface area contributed by atoms with Gasteiger partial charge in [0.05, 0.1) is 0 Å². The van der Waals surface area contributed by atoms with Crippen LogP contribution in [0, 0.1) is 0 Å². The minimum atomic E-state index is 1.17.